The van der Waals surface area contributed by atoms with Crippen molar-refractivity contribution >= 4 is 11.9 Å². The zero-order valence-electron chi connectivity index (χ0n) is 7.88. The minimum Gasteiger partial charge on any atom is -0.481 e. The van der Waals surface area contributed by atoms with Crippen LogP contribution in [-0.4, -0.2) is 42.2 Å². The first-order valence-electron chi connectivity index (χ1n) is 4.50. The van der Waals surface area contributed by atoms with Crippen molar-refractivity contribution in [2.45, 2.75) is 18.4 Å². The molecule has 0 aromatic carbocycles. The molecule has 1 saturated heterocycles. The lowest BCUT2D eigenvalue weighted by molar-refractivity contribution is -0.139. The van der Waals surface area contributed by atoms with Gasteiger partial charge in [0.25, 0.3) is 0 Å². The first-order valence-corrected chi connectivity index (χ1v) is 4.50. The molecule has 1 aliphatic heterocycles. The highest BCUT2D eigenvalue weighted by atomic mass is 16.4. The molecule has 0 spiro atoms. The van der Waals surface area contributed by atoms with Crippen LogP contribution >= 0.6 is 0 Å². The number of carboxylic acids is 1. The van der Waals surface area contributed by atoms with Crippen molar-refractivity contribution in [1.82, 2.24) is 10.6 Å². The summed E-state index contributed by atoms with van der Waals surface area (Å²) in [4.78, 5) is 21.0. The molecule has 1 amide bonds. The van der Waals surface area contributed by atoms with Crippen LogP contribution in [-0.2, 0) is 9.59 Å². The molecule has 0 unspecified atom stereocenters. The molecule has 0 aliphatic carbocycles. The van der Waals surface area contributed by atoms with Gasteiger partial charge in [-0.2, -0.15) is 0 Å². The quantitative estimate of drug-likeness (QED) is 0.408. The van der Waals surface area contributed by atoms with E-state index in [0.29, 0.717) is 19.6 Å². The van der Waals surface area contributed by atoms with Crippen molar-refractivity contribution in [3.63, 3.8) is 0 Å². The predicted octanol–water partition coefficient (Wildman–Crippen LogP) is -1.73. The van der Waals surface area contributed by atoms with Crippen LogP contribution < -0.4 is 16.4 Å². The topological polar surface area (TPSA) is 104 Å². The molecule has 1 rings (SSSR count). The fraction of sp³-hybridized carbons (Fsp3) is 0.750. The number of amides is 1. The first-order chi connectivity index (χ1) is 6.54. The van der Waals surface area contributed by atoms with Crippen LogP contribution in [0.2, 0.25) is 0 Å². The highest BCUT2D eigenvalue weighted by Gasteiger charge is 2.38. The third-order valence-electron chi connectivity index (χ3n) is 2.29. The van der Waals surface area contributed by atoms with Gasteiger partial charge in [0.1, 0.15) is 0 Å². The Morgan fingerprint density at radius 1 is 1.50 bits per heavy atom. The fourth-order valence-electron chi connectivity index (χ4n) is 1.48. The van der Waals surface area contributed by atoms with E-state index in [4.69, 9.17) is 10.8 Å². The maximum atomic E-state index is 10.5. The molecule has 14 heavy (non-hydrogen) atoms. The summed E-state index contributed by atoms with van der Waals surface area (Å²) < 4.78 is 0. The van der Waals surface area contributed by atoms with Gasteiger partial charge < -0.3 is 21.5 Å². The highest BCUT2D eigenvalue weighted by molar-refractivity contribution is 5.74. The Morgan fingerprint density at radius 3 is 2.50 bits per heavy atom. The second-order valence-electron chi connectivity index (χ2n) is 3.60. The third-order valence-corrected chi connectivity index (χ3v) is 2.29. The Balaban J connectivity index is 2.30. The molecule has 1 aliphatic rings. The summed E-state index contributed by atoms with van der Waals surface area (Å²) >= 11 is 0. The SMILES string of the molecule is NC(=O)CCNC1(CC(=O)O)CNC1. The summed E-state index contributed by atoms with van der Waals surface area (Å²) in [7, 11) is 0. The van der Waals surface area contributed by atoms with Crippen molar-refractivity contribution in [3.05, 3.63) is 0 Å². The zero-order chi connectivity index (χ0) is 10.6. The van der Waals surface area contributed by atoms with Gasteiger partial charge in [-0.25, -0.2) is 0 Å². The molecule has 6 nitrogen and oxygen atoms in total. The Morgan fingerprint density at radius 2 is 2.14 bits per heavy atom. The molecule has 1 heterocycles. The molecule has 6 heteroatoms. The minimum atomic E-state index is -0.835. The molecule has 0 radical (unpaired) electrons. The Hall–Kier alpha value is -1.14. The molecule has 0 aromatic rings. The summed E-state index contributed by atoms with van der Waals surface area (Å²) in [6, 6.07) is 0. The average Bonchev–Trinajstić information content (AvgIpc) is 1.98. The van der Waals surface area contributed by atoms with Crippen LogP contribution in [0.3, 0.4) is 0 Å². The Bertz CT molecular complexity index is 238. The monoisotopic (exact) mass is 201 g/mol. The van der Waals surface area contributed by atoms with Gasteiger partial charge in [-0.1, -0.05) is 0 Å². The first kappa shape index (κ1) is 10.9. The lowest BCUT2D eigenvalue weighted by Gasteiger charge is -2.42. The van der Waals surface area contributed by atoms with E-state index < -0.39 is 5.97 Å². The van der Waals surface area contributed by atoms with E-state index in [9.17, 15) is 9.59 Å². The maximum absolute atomic E-state index is 10.5. The van der Waals surface area contributed by atoms with Crippen LogP contribution in [0.25, 0.3) is 0 Å². The number of nitrogens with two attached hydrogens (primary N) is 1. The second kappa shape index (κ2) is 4.39. The fourth-order valence-corrected chi connectivity index (χ4v) is 1.48. The van der Waals surface area contributed by atoms with Crippen molar-refractivity contribution in [2.24, 2.45) is 5.73 Å². The average molecular weight is 201 g/mol. The van der Waals surface area contributed by atoms with Crippen LogP contribution in [0.1, 0.15) is 12.8 Å². The summed E-state index contributed by atoms with van der Waals surface area (Å²) in [5.74, 6) is -1.21. The number of hydrogen-bond donors (Lipinski definition) is 4. The number of carbonyl (C=O) groups is 2. The summed E-state index contributed by atoms with van der Waals surface area (Å²) in [6.45, 7) is 1.68. The Kier molecular flexibility index (Phi) is 3.43. The van der Waals surface area contributed by atoms with E-state index in [0.717, 1.165) is 0 Å². The zero-order valence-corrected chi connectivity index (χ0v) is 7.88. The number of hydrogen-bond acceptors (Lipinski definition) is 4. The van der Waals surface area contributed by atoms with E-state index in [1.54, 1.807) is 0 Å². The number of primary amides is 1. The van der Waals surface area contributed by atoms with Crippen LogP contribution in [0, 0.1) is 0 Å². The van der Waals surface area contributed by atoms with E-state index >= 15 is 0 Å². The van der Waals surface area contributed by atoms with Gasteiger partial charge in [-0.05, 0) is 0 Å². The van der Waals surface area contributed by atoms with Gasteiger partial charge in [0, 0.05) is 26.1 Å². The van der Waals surface area contributed by atoms with E-state index in [-0.39, 0.29) is 24.3 Å². The van der Waals surface area contributed by atoms with E-state index in [1.807, 2.05) is 0 Å². The van der Waals surface area contributed by atoms with Gasteiger partial charge in [0.05, 0.1) is 12.0 Å². The molecular formula is C8H15N3O3. The van der Waals surface area contributed by atoms with Gasteiger partial charge >= 0.3 is 5.97 Å². The second-order valence-corrected chi connectivity index (χ2v) is 3.60. The summed E-state index contributed by atoms with van der Waals surface area (Å²) in [5.41, 5.74) is 4.58. The number of carboxylic acid groups (broad SMARTS) is 1. The maximum Gasteiger partial charge on any atom is 0.305 e. The molecule has 0 aromatic heterocycles. The molecule has 0 atom stereocenters. The molecule has 0 saturated carbocycles. The van der Waals surface area contributed by atoms with Crippen LogP contribution in [0.15, 0.2) is 0 Å². The van der Waals surface area contributed by atoms with E-state index in [2.05, 4.69) is 10.6 Å². The van der Waals surface area contributed by atoms with Crippen molar-refractivity contribution < 1.29 is 14.7 Å². The Labute approximate surface area is 81.8 Å². The highest BCUT2D eigenvalue weighted by Crippen LogP contribution is 2.15. The lowest BCUT2D eigenvalue weighted by atomic mass is 9.88. The normalized spacial score (nSPS) is 18.6. The molecular weight excluding hydrogens is 186 g/mol. The molecule has 1 fully saturated rings. The standard InChI is InChI=1S/C8H15N3O3/c9-6(12)1-2-11-8(3-7(13)14)4-10-5-8/h10-11H,1-5H2,(H2,9,12)(H,13,14). The van der Waals surface area contributed by atoms with Gasteiger partial charge in [-0.15, -0.1) is 0 Å². The molecule has 5 N–H and O–H groups in total. The largest absolute Gasteiger partial charge is 0.481 e. The van der Waals surface area contributed by atoms with Crippen molar-refractivity contribution in [3.8, 4) is 0 Å². The number of rotatable bonds is 6. The summed E-state index contributed by atoms with van der Waals surface area (Å²) in [5, 5.41) is 14.7. The number of carbonyl (C=O) groups excluding carboxylic acids is 1. The van der Waals surface area contributed by atoms with Gasteiger partial charge in [0.2, 0.25) is 5.91 Å². The molecule has 0 bridgehead atoms. The lowest BCUT2D eigenvalue weighted by Crippen LogP contribution is -2.68. The van der Waals surface area contributed by atoms with E-state index in [1.165, 1.54) is 0 Å². The van der Waals surface area contributed by atoms with Crippen molar-refractivity contribution in [2.75, 3.05) is 19.6 Å². The van der Waals surface area contributed by atoms with Gasteiger partial charge in [0.15, 0.2) is 0 Å². The number of aliphatic carboxylic acids is 1. The third kappa shape index (κ3) is 2.97. The predicted molar refractivity (Wildman–Crippen MR) is 49.7 cm³/mol. The van der Waals surface area contributed by atoms with Crippen LogP contribution in [0.4, 0.5) is 0 Å². The van der Waals surface area contributed by atoms with Crippen LogP contribution in [0.5, 0.6) is 0 Å². The van der Waals surface area contributed by atoms with Gasteiger partial charge in [-0.3, -0.25) is 9.59 Å². The van der Waals surface area contributed by atoms with Crippen molar-refractivity contribution in [1.29, 1.82) is 0 Å². The number of nitrogens with one attached hydrogen (secondary N) is 2. The minimum absolute atomic E-state index is 0.0682. The smallest absolute Gasteiger partial charge is 0.305 e. The molecule has 80 valence electrons. The summed E-state index contributed by atoms with van der Waals surface area (Å²) in [6.07, 6.45) is 0.306.